The van der Waals surface area contributed by atoms with Crippen molar-refractivity contribution in [3.63, 3.8) is 0 Å². The monoisotopic (exact) mass is 445 g/mol. The molecule has 7 nitrogen and oxygen atoms in total. The summed E-state index contributed by atoms with van der Waals surface area (Å²) in [5, 5.41) is 22.6. The van der Waals surface area contributed by atoms with Gasteiger partial charge in [0.05, 0.1) is 6.54 Å². The van der Waals surface area contributed by atoms with E-state index in [1.54, 1.807) is 16.6 Å². The van der Waals surface area contributed by atoms with Gasteiger partial charge in [0, 0.05) is 24.3 Å². The minimum Gasteiger partial charge on any atom is -0.302 e. The summed E-state index contributed by atoms with van der Waals surface area (Å²) < 4.78 is 2.16. The molecule has 0 fully saturated rings. The van der Waals surface area contributed by atoms with Gasteiger partial charge < -0.3 is 4.57 Å². The first kappa shape index (κ1) is 22.0. The van der Waals surface area contributed by atoms with Crippen LogP contribution in [-0.4, -0.2) is 40.7 Å². The second kappa shape index (κ2) is 11.4. The second-order valence-corrected chi connectivity index (χ2v) is 8.51. The van der Waals surface area contributed by atoms with Gasteiger partial charge in [0.2, 0.25) is 5.82 Å². The molecule has 8 heteroatoms. The minimum atomic E-state index is 0.675. The molecule has 0 radical (unpaired) electrons. The first-order chi connectivity index (χ1) is 15.8. The van der Waals surface area contributed by atoms with Gasteiger partial charge in [-0.15, -0.1) is 27.0 Å². The Hall–Kier alpha value is -3.26. The van der Waals surface area contributed by atoms with Crippen LogP contribution in [0, 0.1) is 0 Å². The van der Waals surface area contributed by atoms with Gasteiger partial charge in [-0.25, -0.2) is 0 Å². The van der Waals surface area contributed by atoms with Crippen molar-refractivity contribution >= 4 is 11.8 Å². The molecule has 0 aliphatic carbocycles. The molecular formula is C24H27N7S. The predicted molar refractivity (Wildman–Crippen MR) is 127 cm³/mol. The topological polar surface area (TPSA) is 74.3 Å². The van der Waals surface area contributed by atoms with Crippen LogP contribution >= 0.6 is 11.8 Å². The van der Waals surface area contributed by atoms with Crippen molar-refractivity contribution in [3.05, 3.63) is 84.7 Å². The highest BCUT2D eigenvalue weighted by Crippen LogP contribution is 2.21. The average molecular weight is 446 g/mol. The lowest BCUT2D eigenvalue weighted by Gasteiger charge is -2.08. The maximum atomic E-state index is 4.47. The highest BCUT2D eigenvalue weighted by molar-refractivity contribution is 7.99. The number of hydrogen-bond donors (Lipinski definition) is 0. The van der Waals surface area contributed by atoms with Gasteiger partial charge in [-0.1, -0.05) is 84.9 Å². The van der Waals surface area contributed by atoms with Crippen LogP contribution in [0.4, 0.5) is 0 Å². The first-order valence-corrected chi connectivity index (χ1v) is 11.8. The number of allylic oxidation sites excluding steroid dienone is 1. The van der Waals surface area contributed by atoms with Gasteiger partial charge in [0.1, 0.15) is 5.82 Å². The zero-order valence-electron chi connectivity index (χ0n) is 18.0. The highest BCUT2D eigenvalue weighted by atomic mass is 32.2. The Labute approximate surface area is 192 Å². The Kier molecular flexibility index (Phi) is 7.81. The Balaban J connectivity index is 1.22. The number of thioether (sulfide) groups is 1. The van der Waals surface area contributed by atoms with Crippen molar-refractivity contribution in [2.75, 3.05) is 5.75 Å². The highest BCUT2D eigenvalue weighted by Gasteiger charge is 2.12. The van der Waals surface area contributed by atoms with Crippen LogP contribution in [-0.2, 0) is 19.5 Å². The molecule has 0 N–H and O–H groups in total. The lowest BCUT2D eigenvalue weighted by molar-refractivity contribution is 0.487. The van der Waals surface area contributed by atoms with E-state index in [2.05, 4.69) is 61.0 Å². The quantitative estimate of drug-likeness (QED) is 0.179. The molecule has 4 rings (SSSR count). The lowest BCUT2D eigenvalue weighted by atomic mass is 10.1. The number of benzene rings is 2. The Morgan fingerprint density at radius 1 is 0.875 bits per heavy atom. The molecule has 0 bridgehead atoms. The molecule has 0 saturated heterocycles. The van der Waals surface area contributed by atoms with E-state index < -0.39 is 0 Å². The summed E-state index contributed by atoms with van der Waals surface area (Å²) in [5.74, 6) is 2.65. The van der Waals surface area contributed by atoms with Crippen LogP contribution in [0.1, 0.15) is 30.7 Å². The summed E-state index contributed by atoms with van der Waals surface area (Å²) in [6.45, 7) is 5.39. The van der Waals surface area contributed by atoms with Crippen molar-refractivity contribution in [2.24, 2.45) is 0 Å². The molecule has 0 atom stereocenters. The predicted octanol–water partition coefficient (Wildman–Crippen LogP) is 4.67. The van der Waals surface area contributed by atoms with E-state index >= 15 is 0 Å². The van der Waals surface area contributed by atoms with E-state index in [-0.39, 0.29) is 0 Å². The molecule has 0 spiro atoms. The first-order valence-electron chi connectivity index (χ1n) is 10.9. The van der Waals surface area contributed by atoms with Crippen LogP contribution in [0.25, 0.3) is 11.4 Å². The molecule has 0 aliphatic heterocycles. The summed E-state index contributed by atoms with van der Waals surface area (Å²) >= 11 is 1.76. The van der Waals surface area contributed by atoms with Crippen LogP contribution < -0.4 is 0 Å². The third kappa shape index (κ3) is 5.91. The normalized spacial score (nSPS) is 11.0. The van der Waals surface area contributed by atoms with Crippen molar-refractivity contribution in [1.82, 2.24) is 35.0 Å². The molecule has 0 aliphatic rings. The van der Waals surface area contributed by atoms with Crippen molar-refractivity contribution < 1.29 is 0 Å². The molecule has 164 valence electrons. The minimum absolute atomic E-state index is 0.675. The van der Waals surface area contributed by atoms with Gasteiger partial charge in [0.25, 0.3) is 0 Å². The van der Waals surface area contributed by atoms with E-state index in [1.807, 2.05) is 42.5 Å². The number of unbranched alkanes of at least 4 members (excludes halogenated alkanes) is 2. The van der Waals surface area contributed by atoms with Gasteiger partial charge in [-0.2, -0.15) is 4.80 Å². The summed E-state index contributed by atoms with van der Waals surface area (Å²) in [6, 6.07) is 20.3. The van der Waals surface area contributed by atoms with Gasteiger partial charge >= 0.3 is 0 Å². The fraction of sp³-hybridized carbons (Fsp3) is 0.292. The maximum absolute atomic E-state index is 4.47. The van der Waals surface area contributed by atoms with E-state index in [4.69, 9.17) is 0 Å². The van der Waals surface area contributed by atoms with Gasteiger partial charge in [-0.05, 0) is 23.6 Å². The van der Waals surface area contributed by atoms with Crippen LogP contribution in [0.5, 0.6) is 0 Å². The van der Waals surface area contributed by atoms with Crippen LogP contribution in [0.2, 0.25) is 0 Å². The summed E-state index contributed by atoms with van der Waals surface area (Å²) in [6.07, 6.45) is 5.89. The third-order valence-corrected chi connectivity index (χ3v) is 6.08. The number of tetrazole rings is 1. The molecule has 0 unspecified atom stereocenters. The average Bonchev–Trinajstić information content (AvgIpc) is 3.45. The molecule has 32 heavy (non-hydrogen) atoms. The molecular weight excluding hydrogens is 418 g/mol. The Morgan fingerprint density at radius 2 is 1.66 bits per heavy atom. The van der Waals surface area contributed by atoms with Crippen LogP contribution in [0.3, 0.4) is 0 Å². The Bertz CT molecular complexity index is 1110. The second-order valence-electron chi connectivity index (χ2n) is 7.44. The number of aromatic nitrogens is 7. The molecule has 2 aromatic carbocycles. The van der Waals surface area contributed by atoms with Crippen molar-refractivity contribution in [2.45, 2.75) is 43.9 Å². The van der Waals surface area contributed by atoms with E-state index in [1.165, 1.54) is 5.56 Å². The molecule has 0 saturated carbocycles. The number of nitrogens with zero attached hydrogens (tertiary/aromatic N) is 7. The van der Waals surface area contributed by atoms with E-state index in [0.717, 1.165) is 61.1 Å². The molecule has 0 amide bonds. The lowest BCUT2D eigenvalue weighted by Crippen LogP contribution is -2.05. The SMILES string of the molecule is C=CCn1c(Cc2ccccc2)nnc1SCCCCCn1nnc(-c2ccccc2)n1. The zero-order valence-corrected chi connectivity index (χ0v) is 18.9. The number of aryl methyl sites for hydroxylation is 1. The van der Waals surface area contributed by atoms with Gasteiger partial charge in [-0.3, -0.25) is 0 Å². The van der Waals surface area contributed by atoms with E-state index in [0.29, 0.717) is 5.82 Å². The van der Waals surface area contributed by atoms with Crippen molar-refractivity contribution in [3.8, 4) is 11.4 Å². The molecule has 2 heterocycles. The zero-order chi connectivity index (χ0) is 22.0. The summed E-state index contributed by atoms with van der Waals surface area (Å²) in [4.78, 5) is 1.69. The summed E-state index contributed by atoms with van der Waals surface area (Å²) in [5.41, 5.74) is 2.23. The third-order valence-electron chi connectivity index (χ3n) is 5.03. The summed E-state index contributed by atoms with van der Waals surface area (Å²) in [7, 11) is 0. The van der Waals surface area contributed by atoms with Crippen LogP contribution in [0.15, 0.2) is 78.5 Å². The molecule has 2 aromatic heterocycles. The smallest absolute Gasteiger partial charge is 0.204 e. The number of hydrogen-bond acceptors (Lipinski definition) is 6. The molecule has 4 aromatic rings. The maximum Gasteiger partial charge on any atom is 0.204 e. The fourth-order valence-electron chi connectivity index (χ4n) is 3.38. The Morgan fingerprint density at radius 3 is 2.44 bits per heavy atom. The number of rotatable bonds is 12. The fourth-order valence-corrected chi connectivity index (χ4v) is 4.35. The standard InChI is InChI=1S/C24H27N7S/c1-2-16-30-22(19-20-12-6-3-7-13-20)25-27-24(30)32-18-11-5-10-17-31-28-23(26-29-31)21-14-8-4-9-15-21/h2-4,6-9,12-15H,1,5,10-11,16-19H2. The largest absolute Gasteiger partial charge is 0.302 e. The van der Waals surface area contributed by atoms with E-state index in [9.17, 15) is 0 Å². The van der Waals surface area contributed by atoms with Gasteiger partial charge in [0.15, 0.2) is 5.16 Å². The van der Waals surface area contributed by atoms with Crippen molar-refractivity contribution in [1.29, 1.82) is 0 Å².